The van der Waals surface area contributed by atoms with Gasteiger partial charge in [0.15, 0.2) is 5.78 Å². The highest BCUT2D eigenvalue weighted by molar-refractivity contribution is 6.30. The molecule has 4 nitrogen and oxygen atoms in total. The molecule has 3 aromatic carbocycles. The molecule has 0 amide bonds. The van der Waals surface area contributed by atoms with Crippen molar-refractivity contribution in [3.63, 3.8) is 0 Å². The van der Waals surface area contributed by atoms with E-state index < -0.39 is 0 Å². The fraction of sp³-hybridized carbons (Fsp3) is 0.192. The van der Waals surface area contributed by atoms with Crippen molar-refractivity contribution in [1.29, 1.82) is 0 Å². The second-order valence-corrected chi connectivity index (χ2v) is 8.74. The lowest BCUT2D eigenvalue weighted by Gasteiger charge is -2.26. The number of carbonyl (C=O) groups is 1. The Morgan fingerprint density at radius 1 is 0.882 bits per heavy atom. The molecule has 1 aliphatic rings. The lowest BCUT2D eigenvalue weighted by molar-refractivity contribution is 0.0197. The van der Waals surface area contributed by atoms with E-state index in [-0.39, 0.29) is 36.7 Å². The Balaban J connectivity index is 0.00000324. The first-order chi connectivity index (χ1) is 16.0. The smallest absolute Gasteiger partial charge is 0.182 e. The number of nitrogens with zero attached hydrogens (tertiary/aromatic N) is 2. The van der Waals surface area contributed by atoms with Crippen LogP contribution in [0.2, 0.25) is 10.0 Å². The number of ketones is 1. The third kappa shape index (κ3) is 7.21. The van der Waals surface area contributed by atoms with Crippen LogP contribution in [0.15, 0.2) is 85.2 Å². The van der Waals surface area contributed by atoms with Crippen molar-refractivity contribution in [3.05, 3.63) is 118 Å². The summed E-state index contributed by atoms with van der Waals surface area (Å²) in [6.07, 6.45) is 3.64. The van der Waals surface area contributed by atoms with Crippen molar-refractivity contribution in [2.75, 3.05) is 19.8 Å². The van der Waals surface area contributed by atoms with Crippen molar-refractivity contribution < 1.29 is 13.9 Å². The van der Waals surface area contributed by atoms with Crippen LogP contribution in [0, 0.1) is 5.82 Å². The van der Waals surface area contributed by atoms with Gasteiger partial charge in [0, 0.05) is 34.6 Å². The van der Waals surface area contributed by atoms with Gasteiger partial charge in [-0.3, -0.25) is 4.79 Å². The van der Waals surface area contributed by atoms with E-state index in [9.17, 15) is 9.18 Å². The normalized spacial score (nSPS) is 13.6. The van der Waals surface area contributed by atoms with Crippen LogP contribution in [0.4, 0.5) is 4.39 Å². The molecule has 0 radical (unpaired) electrons. The fourth-order valence-corrected chi connectivity index (χ4v) is 3.82. The molecule has 178 valence electrons. The second-order valence-electron chi connectivity index (χ2n) is 7.87. The molecule has 4 rings (SSSR count). The number of hydrogen-bond donors (Lipinski definition) is 0. The molecule has 0 N–H and O–H groups in total. The van der Waals surface area contributed by atoms with Crippen LogP contribution in [0.3, 0.4) is 0 Å². The predicted octanol–water partition coefficient (Wildman–Crippen LogP) is 6.74. The first-order valence-corrected chi connectivity index (χ1v) is 11.3. The number of hydrogen-bond acceptors (Lipinski definition) is 4. The molecular weight excluding hydrogens is 498 g/mol. The Morgan fingerprint density at radius 3 is 2.12 bits per heavy atom. The Bertz CT molecular complexity index is 1110. The van der Waals surface area contributed by atoms with Gasteiger partial charge in [0.05, 0.1) is 19.8 Å². The monoisotopic (exact) mass is 520 g/mol. The zero-order valence-electron chi connectivity index (χ0n) is 18.2. The molecule has 0 aromatic heterocycles. The Hall–Kier alpha value is -2.57. The van der Waals surface area contributed by atoms with E-state index in [0.29, 0.717) is 35.4 Å². The van der Waals surface area contributed by atoms with Gasteiger partial charge in [0.25, 0.3) is 0 Å². The van der Waals surface area contributed by atoms with Gasteiger partial charge in [-0.05, 0) is 59.7 Å². The molecule has 0 spiro atoms. The molecule has 1 heterocycles. The molecule has 3 aromatic rings. The Kier molecular flexibility index (Phi) is 9.36. The summed E-state index contributed by atoms with van der Waals surface area (Å²) in [6.45, 7) is 1.82. The maximum atomic E-state index is 13.1. The lowest BCUT2D eigenvalue weighted by Crippen LogP contribution is -2.32. The molecule has 1 atom stereocenters. The van der Waals surface area contributed by atoms with E-state index in [1.165, 1.54) is 24.3 Å². The quantitative estimate of drug-likeness (QED) is 0.292. The van der Waals surface area contributed by atoms with Gasteiger partial charge in [0.1, 0.15) is 11.9 Å². The molecule has 1 aliphatic heterocycles. The van der Waals surface area contributed by atoms with E-state index in [1.54, 1.807) is 0 Å². The van der Waals surface area contributed by atoms with E-state index in [4.69, 9.17) is 27.9 Å². The second kappa shape index (κ2) is 12.2. The average molecular weight is 522 g/mol. The maximum Gasteiger partial charge on any atom is 0.182 e. The number of halogens is 4. The standard InChI is InChI=1S/C26H23Cl2FN2O2.ClH/c27-22-7-1-19(2-8-22)17-33-26(21-3-9-23(28)10-4-21)16-31-14-13-30(18-31)15-25(32)20-5-11-24(29)12-6-20;/h1-14,26H,15-18H2;1H. The topological polar surface area (TPSA) is 32.8 Å². The fourth-order valence-electron chi connectivity index (χ4n) is 3.57. The van der Waals surface area contributed by atoms with E-state index in [2.05, 4.69) is 4.90 Å². The van der Waals surface area contributed by atoms with Crippen molar-refractivity contribution in [2.24, 2.45) is 0 Å². The number of ether oxygens (including phenoxy) is 1. The zero-order chi connectivity index (χ0) is 23.2. The van der Waals surface area contributed by atoms with Crippen molar-refractivity contribution >= 4 is 41.4 Å². The lowest BCUT2D eigenvalue weighted by atomic mass is 10.1. The van der Waals surface area contributed by atoms with E-state index in [0.717, 1.165) is 11.1 Å². The molecular formula is C26H24Cl3FN2O2. The summed E-state index contributed by atoms with van der Waals surface area (Å²) in [4.78, 5) is 16.5. The summed E-state index contributed by atoms with van der Waals surface area (Å²) in [5, 5.41) is 1.35. The van der Waals surface area contributed by atoms with Gasteiger partial charge < -0.3 is 14.5 Å². The highest BCUT2D eigenvalue weighted by atomic mass is 35.5. The van der Waals surface area contributed by atoms with E-state index >= 15 is 0 Å². The highest BCUT2D eigenvalue weighted by Gasteiger charge is 2.21. The van der Waals surface area contributed by atoms with Crippen LogP contribution in [0.1, 0.15) is 27.6 Å². The summed E-state index contributed by atoms with van der Waals surface area (Å²) >= 11 is 12.0. The summed E-state index contributed by atoms with van der Waals surface area (Å²) in [7, 11) is 0. The molecule has 8 heteroatoms. The minimum Gasteiger partial charge on any atom is -0.367 e. The highest BCUT2D eigenvalue weighted by Crippen LogP contribution is 2.24. The minimum atomic E-state index is -0.356. The zero-order valence-corrected chi connectivity index (χ0v) is 20.6. The summed E-state index contributed by atoms with van der Waals surface area (Å²) in [5.41, 5.74) is 2.54. The molecule has 0 bridgehead atoms. The van der Waals surface area contributed by atoms with Crippen LogP contribution in [0.25, 0.3) is 0 Å². The van der Waals surface area contributed by atoms with Crippen molar-refractivity contribution in [2.45, 2.75) is 12.7 Å². The Labute approximate surface area is 214 Å². The molecule has 0 saturated carbocycles. The summed E-state index contributed by atoms with van der Waals surface area (Å²) in [5.74, 6) is -0.416. The summed E-state index contributed by atoms with van der Waals surface area (Å²) in [6, 6.07) is 20.8. The number of Topliss-reactive ketones (excluding diaryl/α,β-unsaturated/α-hetero) is 1. The van der Waals surface area contributed by atoms with Crippen LogP contribution in [-0.2, 0) is 11.3 Å². The summed E-state index contributed by atoms with van der Waals surface area (Å²) < 4.78 is 19.4. The van der Waals surface area contributed by atoms with Crippen LogP contribution >= 0.6 is 35.6 Å². The van der Waals surface area contributed by atoms with Gasteiger partial charge >= 0.3 is 0 Å². The van der Waals surface area contributed by atoms with Crippen LogP contribution in [-0.4, -0.2) is 35.3 Å². The van der Waals surface area contributed by atoms with E-state index in [1.807, 2.05) is 65.8 Å². The van der Waals surface area contributed by atoms with Crippen molar-refractivity contribution in [1.82, 2.24) is 9.80 Å². The van der Waals surface area contributed by atoms with Gasteiger partial charge in [0.2, 0.25) is 0 Å². The number of carbonyl (C=O) groups excluding carboxylic acids is 1. The number of rotatable bonds is 9. The van der Waals surface area contributed by atoms with Gasteiger partial charge in [-0.1, -0.05) is 47.5 Å². The molecule has 0 saturated heterocycles. The van der Waals surface area contributed by atoms with Crippen LogP contribution in [0.5, 0.6) is 0 Å². The van der Waals surface area contributed by atoms with Crippen molar-refractivity contribution in [3.8, 4) is 0 Å². The van der Waals surface area contributed by atoms with Gasteiger partial charge in [-0.15, -0.1) is 12.4 Å². The SMILES string of the molecule is Cl.O=C(CN1C=CN(CC(OCc2ccc(Cl)cc2)c2ccc(Cl)cc2)C1)c1ccc(F)cc1. The first kappa shape index (κ1) is 26.0. The first-order valence-electron chi connectivity index (χ1n) is 10.5. The largest absolute Gasteiger partial charge is 0.367 e. The predicted molar refractivity (Wildman–Crippen MR) is 136 cm³/mol. The van der Waals surface area contributed by atoms with Gasteiger partial charge in [-0.25, -0.2) is 4.39 Å². The molecule has 34 heavy (non-hydrogen) atoms. The molecule has 0 aliphatic carbocycles. The average Bonchev–Trinajstić information content (AvgIpc) is 3.25. The third-order valence-corrected chi connectivity index (χ3v) is 5.88. The minimum absolute atomic E-state index is 0. The third-order valence-electron chi connectivity index (χ3n) is 5.37. The molecule has 0 fully saturated rings. The molecule has 1 unspecified atom stereocenters. The Morgan fingerprint density at radius 2 is 1.47 bits per heavy atom. The van der Waals surface area contributed by atoms with Gasteiger partial charge in [-0.2, -0.15) is 0 Å². The number of benzene rings is 3. The maximum absolute atomic E-state index is 13.1. The van der Waals surface area contributed by atoms with Crippen LogP contribution < -0.4 is 0 Å².